The normalized spacial score (nSPS) is 17.2. The summed E-state index contributed by atoms with van der Waals surface area (Å²) in [6.07, 6.45) is 0. The summed E-state index contributed by atoms with van der Waals surface area (Å²) in [5, 5.41) is 6.98. The van der Waals surface area contributed by atoms with Crippen LogP contribution >= 0.6 is 0 Å². The van der Waals surface area contributed by atoms with E-state index in [1.165, 1.54) is 11.1 Å². The molecule has 1 amide bonds. The molecule has 1 N–H and O–H groups in total. The molecule has 1 aliphatic rings. The Hall–Kier alpha value is -2.18. The SMILES string of the molecule is Cc1cc(CN2CCN(C(C)C(=O)Nc3ccc(C)c(C)c3)CC2)on1. The molecule has 1 aromatic carbocycles. The van der Waals surface area contributed by atoms with E-state index in [0.717, 1.165) is 49.9 Å². The van der Waals surface area contributed by atoms with Crippen molar-refractivity contribution in [1.82, 2.24) is 15.0 Å². The minimum Gasteiger partial charge on any atom is -0.360 e. The highest BCUT2D eigenvalue weighted by Gasteiger charge is 2.26. The van der Waals surface area contributed by atoms with Crippen molar-refractivity contribution in [2.75, 3.05) is 31.5 Å². The number of aryl methyl sites for hydroxylation is 3. The van der Waals surface area contributed by atoms with Gasteiger partial charge in [-0.1, -0.05) is 11.2 Å². The fourth-order valence-corrected chi connectivity index (χ4v) is 3.25. The predicted molar refractivity (Wildman–Crippen MR) is 102 cm³/mol. The molecule has 1 saturated heterocycles. The Bertz CT molecular complexity index is 763. The number of nitrogens with zero attached hydrogens (tertiary/aromatic N) is 3. The van der Waals surface area contributed by atoms with Gasteiger partial charge in [-0.05, 0) is 51.0 Å². The highest BCUT2D eigenvalue weighted by molar-refractivity contribution is 5.94. The molecule has 0 spiro atoms. The molecule has 26 heavy (non-hydrogen) atoms. The summed E-state index contributed by atoms with van der Waals surface area (Å²) >= 11 is 0. The van der Waals surface area contributed by atoms with Crippen LogP contribution in [0, 0.1) is 20.8 Å². The first-order valence-electron chi connectivity index (χ1n) is 9.19. The number of nitrogens with one attached hydrogen (secondary N) is 1. The molecule has 2 aromatic rings. The molecule has 0 bridgehead atoms. The summed E-state index contributed by atoms with van der Waals surface area (Å²) in [4.78, 5) is 17.2. The zero-order chi connectivity index (χ0) is 18.7. The molecule has 140 valence electrons. The third kappa shape index (κ3) is 4.51. The molecule has 6 nitrogen and oxygen atoms in total. The molecule has 3 rings (SSSR count). The molecule has 1 aromatic heterocycles. The second-order valence-electron chi connectivity index (χ2n) is 7.21. The Balaban J connectivity index is 1.50. The standard InChI is InChI=1S/C20H28N4O2/c1-14-5-6-18(11-15(14)2)21-20(25)17(4)24-9-7-23(8-10-24)13-19-12-16(3)22-26-19/h5-6,11-12,17H,7-10,13H2,1-4H3,(H,21,25). The number of anilines is 1. The Morgan fingerprint density at radius 2 is 1.88 bits per heavy atom. The topological polar surface area (TPSA) is 61.6 Å². The molecular formula is C20H28N4O2. The minimum atomic E-state index is -0.147. The minimum absolute atomic E-state index is 0.0487. The van der Waals surface area contributed by atoms with Crippen molar-refractivity contribution in [1.29, 1.82) is 0 Å². The number of benzene rings is 1. The summed E-state index contributed by atoms with van der Waals surface area (Å²) in [6.45, 7) is 12.4. The van der Waals surface area contributed by atoms with Gasteiger partial charge in [0.05, 0.1) is 18.3 Å². The van der Waals surface area contributed by atoms with E-state index in [2.05, 4.69) is 34.1 Å². The van der Waals surface area contributed by atoms with Gasteiger partial charge in [-0.15, -0.1) is 0 Å². The predicted octanol–water partition coefficient (Wildman–Crippen LogP) is 2.74. The highest BCUT2D eigenvalue weighted by Crippen LogP contribution is 2.16. The first kappa shape index (κ1) is 18.6. The van der Waals surface area contributed by atoms with Crippen LogP contribution in [0.2, 0.25) is 0 Å². The van der Waals surface area contributed by atoms with Gasteiger partial charge in [0.25, 0.3) is 0 Å². The average Bonchev–Trinajstić information content (AvgIpc) is 3.03. The zero-order valence-electron chi connectivity index (χ0n) is 16.1. The fourth-order valence-electron chi connectivity index (χ4n) is 3.25. The molecule has 0 radical (unpaired) electrons. The molecule has 1 atom stereocenters. The summed E-state index contributed by atoms with van der Waals surface area (Å²) in [5.41, 5.74) is 4.19. The number of carbonyl (C=O) groups is 1. The van der Waals surface area contributed by atoms with Crippen molar-refractivity contribution in [2.24, 2.45) is 0 Å². The van der Waals surface area contributed by atoms with Gasteiger partial charge in [-0.25, -0.2) is 0 Å². The summed E-state index contributed by atoms with van der Waals surface area (Å²) in [6, 6.07) is 7.86. The van der Waals surface area contributed by atoms with Crippen LogP contribution in [0.4, 0.5) is 5.69 Å². The van der Waals surface area contributed by atoms with E-state index >= 15 is 0 Å². The molecule has 6 heteroatoms. The Morgan fingerprint density at radius 3 is 2.50 bits per heavy atom. The number of piperazine rings is 1. The number of aromatic nitrogens is 1. The third-order valence-electron chi connectivity index (χ3n) is 5.16. The van der Waals surface area contributed by atoms with Crippen molar-refractivity contribution in [2.45, 2.75) is 40.3 Å². The second kappa shape index (κ2) is 8.01. The summed E-state index contributed by atoms with van der Waals surface area (Å²) < 4.78 is 5.29. The largest absolute Gasteiger partial charge is 0.360 e. The first-order valence-corrected chi connectivity index (χ1v) is 9.19. The van der Waals surface area contributed by atoms with Gasteiger partial charge in [-0.3, -0.25) is 14.6 Å². The lowest BCUT2D eigenvalue weighted by Crippen LogP contribution is -2.52. The van der Waals surface area contributed by atoms with Gasteiger partial charge >= 0.3 is 0 Å². The van der Waals surface area contributed by atoms with Crippen LogP contribution in [-0.2, 0) is 11.3 Å². The maximum Gasteiger partial charge on any atom is 0.241 e. The van der Waals surface area contributed by atoms with E-state index in [-0.39, 0.29) is 11.9 Å². The zero-order valence-corrected chi connectivity index (χ0v) is 16.1. The third-order valence-corrected chi connectivity index (χ3v) is 5.16. The van der Waals surface area contributed by atoms with Gasteiger partial charge in [0.2, 0.25) is 5.91 Å². The Labute approximate surface area is 155 Å². The van der Waals surface area contributed by atoms with Crippen LogP contribution in [0.1, 0.15) is 29.5 Å². The van der Waals surface area contributed by atoms with E-state index in [1.807, 2.05) is 38.1 Å². The molecule has 1 aliphatic heterocycles. The summed E-state index contributed by atoms with van der Waals surface area (Å²) in [7, 11) is 0. The number of hydrogen-bond acceptors (Lipinski definition) is 5. The van der Waals surface area contributed by atoms with Gasteiger partial charge in [-0.2, -0.15) is 0 Å². The monoisotopic (exact) mass is 356 g/mol. The summed E-state index contributed by atoms with van der Waals surface area (Å²) in [5.74, 6) is 0.948. The fraction of sp³-hybridized carbons (Fsp3) is 0.500. The maximum absolute atomic E-state index is 12.6. The van der Waals surface area contributed by atoms with Crippen molar-refractivity contribution in [3.05, 3.63) is 46.8 Å². The lowest BCUT2D eigenvalue weighted by atomic mass is 10.1. The Morgan fingerprint density at radius 1 is 1.15 bits per heavy atom. The molecular weight excluding hydrogens is 328 g/mol. The van der Waals surface area contributed by atoms with Crippen molar-refractivity contribution >= 4 is 11.6 Å². The molecule has 0 aliphatic carbocycles. The molecule has 0 saturated carbocycles. The van der Waals surface area contributed by atoms with E-state index in [0.29, 0.717) is 0 Å². The number of carbonyl (C=O) groups excluding carboxylic acids is 1. The molecule has 1 unspecified atom stereocenters. The van der Waals surface area contributed by atoms with Crippen molar-refractivity contribution in [3.63, 3.8) is 0 Å². The van der Waals surface area contributed by atoms with Crippen molar-refractivity contribution < 1.29 is 9.32 Å². The van der Waals surface area contributed by atoms with Gasteiger partial charge in [0, 0.05) is 37.9 Å². The number of rotatable bonds is 5. The van der Waals surface area contributed by atoms with Gasteiger partial charge in [0.15, 0.2) is 5.76 Å². The molecule has 2 heterocycles. The number of amides is 1. The van der Waals surface area contributed by atoms with Gasteiger partial charge in [0.1, 0.15) is 0 Å². The van der Waals surface area contributed by atoms with Crippen LogP contribution in [0.3, 0.4) is 0 Å². The lowest BCUT2D eigenvalue weighted by Gasteiger charge is -2.37. The van der Waals surface area contributed by atoms with Crippen LogP contribution < -0.4 is 5.32 Å². The van der Waals surface area contributed by atoms with Crippen molar-refractivity contribution in [3.8, 4) is 0 Å². The van der Waals surface area contributed by atoms with E-state index < -0.39 is 0 Å². The highest BCUT2D eigenvalue weighted by atomic mass is 16.5. The van der Waals surface area contributed by atoms with E-state index in [9.17, 15) is 4.79 Å². The van der Waals surface area contributed by atoms with E-state index in [1.54, 1.807) is 0 Å². The van der Waals surface area contributed by atoms with E-state index in [4.69, 9.17) is 4.52 Å². The maximum atomic E-state index is 12.6. The smallest absolute Gasteiger partial charge is 0.241 e. The first-order chi connectivity index (χ1) is 12.4. The van der Waals surface area contributed by atoms with Crippen LogP contribution in [-0.4, -0.2) is 53.1 Å². The van der Waals surface area contributed by atoms with Gasteiger partial charge < -0.3 is 9.84 Å². The average molecular weight is 356 g/mol. The quantitative estimate of drug-likeness (QED) is 0.893. The van der Waals surface area contributed by atoms with Crippen LogP contribution in [0.15, 0.2) is 28.8 Å². The molecule has 1 fully saturated rings. The number of hydrogen-bond donors (Lipinski definition) is 1. The lowest BCUT2D eigenvalue weighted by molar-refractivity contribution is -0.121. The Kier molecular flexibility index (Phi) is 5.74. The van der Waals surface area contributed by atoms with Crippen LogP contribution in [0.25, 0.3) is 0 Å². The van der Waals surface area contributed by atoms with Crippen LogP contribution in [0.5, 0.6) is 0 Å². The second-order valence-corrected chi connectivity index (χ2v) is 7.21.